The predicted octanol–water partition coefficient (Wildman–Crippen LogP) is 4.58. The number of pyridine rings is 1. The third-order valence-electron chi connectivity index (χ3n) is 6.89. The molecule has 1 amide bonds. The summed E-state index contributed by atoms with van der Waals surface area (Å²) < 4.78 is 31.6. The van der Waals surface area contributed by atoms with Crippen molar-refractivity contribution in [2.45, 2.75) is 39.3 Å². The highest BCUT2D eigenvalue weighted by molar-refractivity contribution is 5.94. The van der Waals surface area contributed by atoms with Crippen LogP contribution in [0.3, 0.4) is 0 Å². The molecule has 1 atom stereocenters. The summed E-state index contributed by atoms with van der Waals surface area (Å²) in [6.07, 6.45) is 3.47. The van der Waals surface area contributed by atoms with Crippen LogP contribution in [0.1, 0.15) is 42.5 Å². The lowest BCUT2D eigenvalue weighted by atomic mass is 10.1. The number of nitrogens with zero attached hydrogens (tertiary/aromatic N) is 7. The van der Waals surface area contributed by atoms with E-state index < -0.39 is 11.6 Å². The third kappa shape index (κ3) is 4.81. The highest BCUT2D eigenvalue weighted by atomic mass is 19.1. The number of likely N-dealkylation sites (tertiary alicyclic amines) is 1. The lowest BCUT2D eigenvalue weighted by Gasteiger charge is -2.20. The summed E-state index contributed by atoms with van der Waals surface area (Å²) in [6, 6.07) is 6.64. The number of benzene rings is 1. The van der Waals surface area contributed by atoms with E-state index in [4.69, 9.17) is 0 Å². The van der Waals surface area contributed by atoms with Gasteiger partial charge in [-0.2, -0.15) is 0 Å². The molecule has 0 unspecified atom stereocenters. The van der Waals surface area contributed by atoms with Crippen molar-refractivity contribution in [1.82, 2.24) is 34.3 Å². The quantitative estimate of drug-likeness (QED) is 0.398. The molecule has 5 rings (SSSR count). The molecule has 1 saturated heterocycles. The van der Waals surface area contributed by atoms with Crippen LogP contribution in [-0.2, 0) is 0 Å². The highest BCUT2D eigenvalue weighted by Crippen LogP contribution is 2.30. The van der Waals surface area contributed by atoms with E-state index >= 15 is 0 Å². The van der Waals surface area contributed by atoms with E-state index in [0.717, 1.165) is 12.6 Å². The number of imidazole rings is 1. The van der Waals surface area contributed by atoms with E-state index in [1.165, 1.54) is 12.3 Å². The van der Waals surface area contributed by atoms with E-state index in [0.29, 0.717) is 41.9 Å². The molecule has 0 radical (unpaired) electrons. The molecule has 198 valence electrons. The Morgan fingerprint density at radius 2 is 1.89 bits per heavy atom. The number of likely N-dealkylation sites (N-methyl/N-ethyl adjacent to an activating group) is 1. The van der Waals surface area contributed by atoms with Gasteiger partial charge in [0.15, 0.2) is 11.6 Å². The topological polar surface area (TPSA) is 92.1 Å². The second kappa shape index (κ2) is 10.1. The number of hydrogen-bond acceptors (Lipinski definition) is 7. The lowest BCUT2D eigenvalue weighted by Crippen LogP contribution is -2.34. The second-order valence-electron chi connectivity index (χ2n) is 10.1. The number of carbonyl (C=O) groups excluding carboxylic acids is 1. The number of hydrogen-bond donors (Lipinski definition) is 1. The molecule has 1 N–H and O–H groups in total. The summed E-state index contributed by atoms with van der Waals surface area (Å²) in [7, 11) is 4.03. The Labute approximate surface area is 219 Å². The molecule has 1 fully saturated rings. The number of nitrogens with one attached hydrogen (secondary N) is 1. The minimum atomic E-state index is -0.683. The van der Waals surface area contributed by atoms with Gasteiger partial charge in [-0.3, -0.25) is 4.79 Å². The average Bonchev–Trinajstić information content (AvgIpc) is 3.50. The first-order valence-electron chi connectivity index (χ1n) is 12.5. The van der Waals surface area contributed by atoms with Crippen LogP contribution in [0, 0.1) is 18.6 Å². The van der Waals surface area contributed by atoms with Crippen LogP contribution < -0.4 is 5.32 Å². The van der Waals surface area contributed by atoms with Crippen LogP contribution in [0.15, 0.2) is 36.7 Å². The smallest absolute Gasteiger partial charge is 0.255 e. The SMILES string of the molecule is Cc1nc2c(F)cc(-c3nc(Nc4ccc(C(=O)N5CC[C@H](N(C)C)C5)cn4)ncc3F)cc2n1C(C)C. The Balaban J connectivity index is 1.38. The Morgan fingerprint density at radius 1 is 1.11 bits per heavy atom. The number of halogens is 2. The monoisotopic (exact) mass is 520 g/mol. The van der Waals surface area contributed by atoms with Crippen molar-refractivity contribution in [3.8, 4) is 11.3 Å². The van der Waals surface area contributed by atoms with Crippen molar-refractivity contribution in [3.63, 3.8) is 0 Å². The van der Waals surface area contributed by atoms with Gasteiger partial charge in [0.25, 0.3) is 5.91 Å². The number of aryl methyl sites for hydroxylation is 1. The molecule has 1 aromatic carbocycles. The highest BCUT2D eigenvalue weighted by Gasteiger charge is 2.28. The zero-order valence-electron chi connectivity index (χ0n) is 22.0. The molecule has 1 aliphatic heterocycles. The normalized spacial score (nSPS) is 15.7. The molecule has 0 saturated carbocycles. The molecular weight excluding hydrogens is 490 g/mol. The fourth-order valence-electron chi connectivity index (χ4n) is 4.93. The van der Waals surface area contributed by atoms with E-state index in [1.54, 1.807) is 18.2 Å². The number of rotatable bonds is 6. The number of aromatic nitrogens is 5. The molecule has 9 nitrogen and oxygen atoms in total. The van der Waals surface area contributed by atoms with Crippen LogP contribution in [0.2, 0.25) is 0 Å². The van der Waals surface area contributed by atoms with Crippen molar-refractivity contribution in [2.24, 2.45) is 0 Å². The summed E-state index contributed by atoms with van der Waals surface area (Å²) in [5, 5.41) is 2.94. The van der Waals surface area contributed by atoms with Crippen LogP contribution in [0.5, 0.6) is 0 Å². The maximum absolute atomic E-state index is 14.9. The number of anilines is 2. The summed E-state index contributed by atoms with van der Waals surface area (Å²) in [5.74, 6) is -0.146. The molecule has 38 heavy (non-hydrogen) atoms. The van der Waals surface area contributed by atoms with Crippen molar-refractivity contribution >= 4 is 28.7 Å². The van der Waals surface area contributed by atoms with Gasteiger partial charge in [-0.15, -0.1) is 0 Å². The van der Waals surface area contributed by atoms with E-state index in [2.05, 4.69) is 30.2 Å². The van der Waals surface area contributed by atoms with Crippen molar-refractivity contribution in [1.29, 1.82) is 0 Å². The summed E-state index contributed by atoms with van der Waals surface area (Å²) in [5.41, 5.74) is 1.51. The van der Waals surface area contributed by atoms with E-state index in [-0.39, 0.29) is 34.7 Å². The Hall–Kier alpha value is -3.99. The molecule has 1 aliphatic rings. The fraction of sp³-hybridized carbons (Fsp3) is 0.370. The first-order valence-corrected chi connectivity index (χ1v) is 12.5. The molecule has 3 aromatic heterocycles. The van der Waals surface area contributed by atoms with Gasteiger partial charge in [0.1, 0.15) is 22.9 Å². The Bertz CT molecular complexity index is 1500. The van der Waals surface area contributed by atoms with E-state index in [1.807, 2.05) is 44.3 Å². The average molecular weight is 521 g/mol. The van der Waals surface area contributed by atoms with Crippen molar-refractivity contribution in [3.05, 3.63) is 59.7 Å². The first-order chi connectivity index (χ1) is 18.1. The van der Waals surface area contributed by atoms with Gasteiger partial charge < -0.3 is 19.7 Å². The maximum atomic E-state index is 14.9. The molecule has 4 heterocycles. The number of fused-ring (bicyclic) bond motifs is 1. The fourth-order valence-corrected chi connectivity index (χ4v) is 4.93. The van der Waals surface area contributed by atoms with Crippen molar-refractivity contribution in [2.75, 3.05) is 32.5 Å². The van der Waals surface area contributed by atoms with Crippen molar-refractivity contribution < 1.29 is 13.6 Å². The van der Waals surface area contributed by atoms with E-state index in [9.17, 15) is 13.6 Å². The summed E-state index contributed by atoms with van der Waals surface area (Å²) in [4.78, 5) is 33.8. The molecule has 11 heteroatoms. The maximum Gasteiger partial charge on any atom is 0.255 e. The van der Waals surface area contributed by atoms with Gasteiger partial charge in [-0.05, 0) is 65.6 Å². The first kappa shape index (κ1) is 25.7. The summed E-state index contributed by atoms with van der Waals surface area (Å²) >= 11 is 0. The molecular formula is C27H30F2N8O. The molecule has 0 aliphatic carbocycles. The van der Waals surface area contributed by atoms with Gasteiger partial charge in [-0.25, -0.2) is 28.7 Å². The van der Waals surface area contributed by atoms with Crippen LogP contribution in [0.25, 0.3) is 22.3 Å². The predicted molar refractivity (Wildman–Crippen MR) is 141 cm³/mol. The molecule has 0 spiro atoms. The third-order valence-corrected chi connectivity index (χ3v) is 6.89. The van der Waals surface area contributed by atoms with Gasteiger partial charge >= 0.3 is 0 Å². The Morgan fingerprint density at radius 3 is 2.55 bits per heavy atom. The van der Waals surface area contributed by atoms with Crippen LogP contribution in [-0.4, -0.2) is 73.4 Å². The van der Waals surface area contributed by atoms with Crippen LogP contribution in [0.4, 0.5) is 20.5 Å². The minimum Gasteiger partial charge on any atom is -0.337 e. The number of amides is 1. The van der Waals surface area contributed by atoms with Gasteiger partial charge in [-0.1, -0.05) is 0 Å². The Kier molecular flexibility index (Phi) is 6.78. The van der Waals surface area contributed by atoms with Gasteiger partial charge in [0.05, 0.1) is 17.3 Å². The number of carbonyl (C=O) groups is 1. The van der Waals surface area contributed by atoms with Gasteiger partial charge in [0.2, 0.25) is 5.95 Å². The largest absolute Gasteiger partial charge is 0.337 e. The zero-order chi connectivity index (χ0) is 27.1. The molecule has 4 aromatic rings. The summed E-state index contributed by atoms with van der Waals surface area (Å²) in [6.45, 7) is 7.15. The standard InChI is InChI=1S/C27H30F2N8O/c1-15(2)37-16(3)32-25-20(28)10-18(11-22(25)37)24-21(29)13-31-27(34-24)33-23-7-6-17(12-30-23)26(38)36-9-8-19(14-36)35(4)5/h6-7,10-13,15,19H,8-9,14H2,1-5H3,(H,30,31,33,34)/t19-/m0/s1. The zero-order valence-corrected chi connectivity index (χ0v) is 22.0. The second-order valence-corrected chi connectivity index (χ2v) is 10.1. The lowest BCUT2D eigenvalue weighted by molar-refractivity contribution is 0.0782. The minimum absolute atomic E-state index is 0.0444. The molecule has 0 bridgehead atoms. The van der Waals surface area contributed by atoms with Crippen LogP contribution >= 0.6 is 0 Å². The van der Waals surface area contributed by atoms with Gasteiger partial charge in [0, 0.05) is 36.9 Å².